The summed E-state index contributed by atoms with van der Waals surface area (Å²) in [5.41, 5.74) is 1.11. The van der Waals surface area contributed by atoms with Crippen molar-refractivity contribution in [1.82, 2.24) is 9.88 Å². The SMILES string of the molecule is O=C(Nc1nccs1)C(=O)N1CCCC[C@@H]1CCc1ccc(O)cc1. The number of nitrogens with one attached hydrogen (secondary N) is 1. The van der Waals surface area contributed by atoms with E-state index in [2.05, 4.69) is 10.3 Å². The molecule has 1 aliphatic heterocycles. The van der Waals surface area contributed by atoms with Gasteiger partial charge in [-0.2, -0.15) is 0 Å². The third kappa shape index (κ3) is 4.57. The van der Waals surface area contributed by atoms with Crippen molar-refractivity contribution in [3.8, 4) is 5.75 Å². The lowest BCUT2D eigenvalue weighted by molar-refractivity contribution is -0.145. The quantitative estimate of drug-likeness (QED) is 0.823. The highest BCUT2D eigenvalue weighted by atomic mass is 32.1. The maximum atomic E-state index is 12.5. The summed E-state index contributed by atoms with van der Waals surface area (Å²) in [7, 11) is 0. The third-order valence-corrected chi connectivity index (χ3v) is 5.13. The minimum atomic E-state index is -0.619. The Hall–Kier alpha value is -2.41. The Morgan fingerprint density at radius 2 is 2.08 bits per heavy atom. The van der Waals surface area contributed by atoms with Gasteiger partial charge in [-0.25, -0.2) is 4.98 Å². The highest BCUT2D eigenvalue weighted by Crippen LogP contribution is 2.23. The Kier molecular flexibility index (Phi) is 5.65. The predicted octanol–water partition coefficient (Wildman–Crippen LogP) is 2.80. The van der Waals surface area contributed by atoms with E-state index in [0.29, 0.717) is 11.7 Å². The zero-order chi connectivity index (χ0) is 17.6. The van der Waals surface area contributed by atoms with Crippen LogP contribution in [0.5, 0.6) is 5.75 Å². The number of anilines is 1. The van der Waals surface area contributed by atoms with Crippen molar-refractivity contribution < 1.29 is 14.7 Å². The number of nitrogens with zero attached hydrogens (tertiary/aromatic N) is 2. The highest BCUT2D eigenvalue weighted by Gasteiger charge is 2.30. The van der Waals surface area contributed by atoms with Crippen LogP contribution in [-0.4, -0.2) is 39.4 Å². The first kappa shape index (κ1) is 17.4. The fourth-order valence-corrected chi connectivity index (χ4v) is 3.65. The van der Waals surface area contributed by atoms with Gasteiger partial charge in [-0.15, -0.1) is 11.3 Å². The van der Waals surface area contributed by atoms with Gasteiger partial charge in [0, 0.05) is 24.2 Å². The van der Waals surface area contributed by atoms with Gasteiger partial charge < -0.3 is 10.0 Å². The number of phenols is 1. The van der Waals surface area contributed by atoms with Crippen LogP contribution in [0.15, 0.2) is 35.8 Å². The lowest BCUT2D eigenvalue weighted by atomic mass is 9.95. The molecule has 0 radical (unpaired) electrons. The van der Waals surface area contributed by atoms with E-state index in [-0.39, 0.29) is 11.8 Å². The van der Waals surface area contributed by atoms with Crippen molar-refractivity contribution in [2.24, 2.45) is 0 Å². The number of carbonyl (C=O) groups is 2. The predicted molar refractivity (Wildman–Crippen MR) is 96.5 cm³/mol. The van der Waals surface area contributed by atoms with Crippen molar-refractivity contribution in [2.45, 2.75) is 38.1 Å². The van der Waals surface area contributed by atoms with E-state index in [4.69, 9.17) is 0 Å². The first-order chi connectivity index (χ1) is 12.1. The molecule has 2 amide bonds. The molecule has 2 aromatic rings. The lowest BCUT2D eigenvalue weighted by Gasteiger charge is -2.35. The summed E-state index contributed by atoms with van der Waals surface area (Å²) in [5, 5.41) is 14.1. The summed E-state index contributed by atoms with van der Waals surface area (Å²) in [5.74, 6) is -0.853. The van der Waals surface area contributed by atoms with Crippen molar-refractivity contribution in [1.29, 1.82) is 0 Å². The summed E-state index contributed by atoms with van der Waals surface area (Å²) in [4.78, 5) is 30.4. The van der Waals surface area contributed by atoms with Crippen molar-refractivity contribution in [3.05, 3.63) is 41.4 Å². The Morgan fingerprint density at radius 3 is 2.80 bits per heavy atom. The normalized spacial score (nSPS) is 17.3. The second kappa shape index (κ2) is 8.11. The number of phenolic OH excluding ortho intramolecular Hbond substituents is 1. The van der Waals surface area contributed by atoms with Crippen LogP contribution in [0.25, 0.3) is 0 Å². The molecule has 0 bridgehead atoms. The summed E-state index contributed by atoms with van der Waals surface area (Å²) in [6.45, 7) is 0.615. The summed E-state index contributed by atoms with van der Waals surface area (Å²) < 4.78 is 0. The fraction of sp³-hybridized carbons (Fsp3) is 0.389. The number of aromatic nitrogens is 1. The molecule has 2 N–H and O–H groups in total. The number of hydrogen-bond acceptors (Lipinski definition) is 5. The molecule has 3 rings (SSSR count). The van der Waals surface area contributed by atoms with E-state index in [0.717, 1.165) is 37.7 Å². The maximum absolute atomic E-state index is 12.5. The molecular weight excluding hydrogens is 338 g/mol. The molecule has 0 saturated carbocycles. The summed E-state index contributed by atoms with van der Waals surface area (Å²) >= 11 is 1.29. The number of aromatic hydroxyl groups is 1. The fourth-order valence-electron chi connectivity index (χ4n) is 3.13. The van der Waals surface area contributed by atoms with E-state index in [1.54, 1.807) is 28.6 Å². The van der Waals surface area contributed by atoms with E-state index >= 15 is 0 Å². The number of aryl methyl sites for hydroxylation is 1. The standard InChI is InChI=1S/C18H21N3O3S/c22-15-8-5-13(6-9-15)4-7-14-3-1-2-11-21(14)17(24)16(23)20-18-19-10-12-25-18/h5-6,8-10,12,14,22H,1-4,7,11H2,(H,19,20,23)/t14-/m1/s1. The number of likely N-dealkylation sites (tertiary alicyclic amines) is 1. The Bertz CT molecular complexity index is 716. The van der Waals surface area contributed by atoms with Crippen molar-refractivity contribution in [2.75, 3.05) is 11.9 Å². The number of thiazole rings is 1. The molecule has 6 nitrogen and oxygen atoms in total. The zero-order valence-electron chi connectivity index (χ0n) is 13.9. The molecule has 0 spiro atoms. The number of carbonyl (C=O) groups excluding carboxylic acids is 2. The number of benzene rings is 1. The smallest absolute Gasteiger partial charge is 0.315 e. The van der Waals surface area contributed by atoms with Crippen LogP contribution in [-0.2, 0) is 16.0 Å². The van der Waals surface area contributed by atoms with Gasteiger partial charge >= 0.3 is 11.8 Å². The second-order valence-electron chi connectivity index (χ2n) is 6.14. The van der Waals surface area contributed by atoms with Gasteiger partial charge in [0.25, 0.3) is 0 Å². The molecule has 1 saturated heterocycles. The number of amides is 2. The van der Waals surface area contributed by atoms with E-state index in [1.165, 1.54) is 11.3 Å². The van der Waals surface area contributed by atoms with Gasteiger partial charge in [-0.05, 0) is 49.8 Å². The zero-order valence-corrected chi connectivity index (χ0v) is 14.7. The molecule has 1 fully saturated rings. The van der Waals surface area contributed by atoms with Gasteiger partial charge in [0.2, 0.25) is 0 Å². The van der Waals surface area contributed by atoms with Crippen LogP contribution in [0, 0.1) is 0 Å². The Balaban J connectivity index is 1.60. The number of rotatable bonds is 4. The highest BCUT2D eigenvalue weighted by molar-refractivity contribution is 7.13. The van der Waals surface area contributed by atoms with E-state index < -0.39 is 11.8 Å². The molecule has 1 aromatic carbocycles. The Morgan fingerprint density at radius 1 is 1.28 bits per heavy atom. The minimum Gasteiger partial charge on any atom is -0.508 e. The van der Waals surface area contributed by atoms with E-state index in [1.807, 2.05) is 12.1 Å². The van der Waals surface area contributed by atoms with Gasteiger partial charge in [-0.3, -0.25) is 14.9 Å². The Labute approximate surface area is 150 Å². The van der Waals surface area contributed by atoms with Gasteiger partial charge in [0.05, 0.1) is 0 Å². The molecule has 132 valence electrons. The number of piperidine rings is 1. The molecule has 1 aliphatic rings. The van der Waals surface area contributed by atoms with Crippen LogP contribution in [0.2, 0.25) is 0 Å². The van der Waals surface area contributed by atoms with Crippen LogP contribution < -0.4 is 5.32 Å². The maximum Gasteiger partial charge on any atom is 0.315 e. The first-order valence-electron chi connectivity index (χ1n) is 8.43. The van der Waals surface area contributed by atoms with Crippen molar-refractivity contribution in [3.63, 3.8) is 0 Å². The molecular formula is C18H21N3O3S. The van der Waals surface area contributed by atoms with Gasteiger partial charge in [0.1, 0.15) is 5.75 Å². The largest absolute Gasteiger partial charge is 0.508 e. The van der Waals surface area contributed by atoms with Crippen LogP contribution in [0.4, 0.5) is 5.13 Å². The average Bonchev–Trinajstić information content (AvgIpc) is 3.14. The summed E-state index contributed by atoms with van der Waals surface area (Å²) in [6, 6.07) is 7.18. The third-order valence-electron chi connectivity index (χ3n) is 4.44. The average molecular weight is 359 g/mol. The summed E-state index contributed by atoms with van der Waals surface area (Å²) in [6.07, 6.45) is 6.11. The van der Waals surface area contributed by atoms with Gasteiger partial charge in [0.15, 0.2) is 5.13 Å². The molecule has 0 unspecified atom stereocenters. The minimum absolute atomic E-state index is 0.0668. The monoisotopic (exact) mass is 359 g/mol. The topological polar surface area (TPSA) is 82.5 Å². The lowest BCUT2D eigenvalue weighted by Crippen LogP contribution is -2.48. The van der Waals surface area contributed by atoms with Crippen LogP contribution in [0.3, 0.4) is 0 Å². The molecule has 1 aromatic heterocycles. The molecule has 7 heteroatoms. The second-order valence-corrected chi connectivity index (χ2v) is 7.04. The van der Waals surface area contributed by atoms with Crippen molar-refractivity contribution >= 4 is 28.3 Å². The molecule has 1 atom stereocenters. The van der Waals surface area contributed by atoms with Gasteiger partial charge in [-0.1, -0.05) is 12.1 Å². The molecule has 25 heavy (non-hydrogen) atoms. The molecule has 0 aliphatic carbocycles. The molecule has 2 heterocycles. The van der Waals surface area contributed by atoms with Crippen LogP contribution >= 0.6 is 11.3 Å². The van der Waals surface area contributed by atoms with Crippen LogP contribution in [0.1, 0.15) is 31.2 Å². The van der Waals surface area contributed by atoms with E-state index in [9.17, 15) is 14.7 Å². The number of hydrogen-bond donors (Lipinski definition) is 2. The first-order valence-corrected chi connectivity index (χ1v) is 9.31.